The normalized spacial score (nSPS) is 11.5. The van der Waals surface area contributed by atoms with Gasteiger partial charge in [0.25, 0.3) is 5.91 Å². The summed E-state index contributed by atoms with van der Waals surface area (Å²) in [5.74, 6) is -2.62. The van der Waals surface area contributed by atoms with Crippen molar-refractivity contribution >= 4 is 17.6 Å². The number of para-hydroxylation sites is 1. The van der Waals surface area contributed by atoms with Crippen LogP contribution in [0.15, 0.2) is 36.4 Å². The van der Waals surface area contributed by atoms with E-state index in [4.69, 9.17) is 14.2 Å². The zero-order valence-corrected chi connectivity index (χ0v) is 17.2. The Morgan fingerprint density at radius 2 is 1.73 bits per heavy atom. The van der Waals surface area contributed by atoms with E-state index in [0.29, 0.717) is 24.7 Å². The molecule has 6 nitrogen and oxygen atoms in total. The van der Waals surface area contributed by atoms with Crippen molar-refractivity contribution in [3.05, 3.63) is 53.6 Å². The summed E-state index contributed by atoms with van der Waals surface area (Å²) in [6.07, 6.45) is 0.572. The lowest BCUT2D eigenvalue weighted by molar-refractivity contribution is -0.123. The molecule has 0 fully saturated rings. The zero-order chi connectivity index (χ0) is 22.1. The third-order valence-corrected chi connectivity index (χ3v) is 4.10. The third-order valence-electron chi connectivity index (χ3n) is 4.10. The molecule has 2 rings (SSSR count). The summed E-state index contributed by atoms with van der Waals surface area (Å²) in [5.41, 5.74) is -0.448. The maximum atomic E-state index is 13.7. The number of ether oxygens (including phenoxy) is 3. The largest absolute Gasteiger partial charge is 0.490 e. The van der Waals surface area contributed by atoms with Crippen LogP contribution in [-0.4, -0.2) is 31.2 Å². The van der Waals surface area contributed by atoms with E-state index in [9.17, 15) is 18.4 Å². The molecule has 1 atom stereocenters. The quantitative estimate of drug-likeness (QED) is 0.444. The third kappa shape index (κ3) is 6.17. The van der Waals surface area contributed by atoms with E-state index in [2.05, 4.69) is 5.32 Å². The summed E-state index contributed by atoms with van der Waals surface area (Å²) in [7, 11) is 0. The lowest BCUT2D eigenvalue weighted by atomic mass is 10.2. The van der Waals surface area contributed by atoms with Crippen LogP contribution in [0.2, 0.25) is 0 Å². The van der Waals surface area contributed by atoms with Gasteiger partial charge in [0.05, 0.1) is 18.8 Å². The fourth-order valence-electron chi connectivity index (χ4n) is 2.47. The average molecular weight is 421 g/mol. The summed E-state index contributed by atoms with van der Waals surface area (Å²) in [6, 6.07) is 7.75. The lowest BCUT2D eigenvalue weighted by Gasteiger charge is -2.16. The van der Waals surface area contributed by atoms with Gasteiger partial charge in [-0.15, -0.1) is 0 Å². The number of anilines is 1. The maximum absolute atomic E-state index is 13.7. The highest BCUT2D eigenvalue weighted by Crippen LogP contribution is 2.29. The van der Waals surface area contributed by atoms with Crippen LogP contribution in [0, 0.1) is 11.6 Å². The van der Waals surface area contributed by atoms with E-state index >= 15 is 0 Å². The van der Waals surface area contributed by atoms with Crippen LogP contribution in [0.5, 0.6) is 11.5 Å². The van der Waals surface area contributed by atoms with Gasteiger partial charge in [-0.25, -0.2) is 13.6 Å². The number of hydrogen-bond acceptors (Lipinski definition) is 5. The Hall–Kier alpha value is -3.16. The van der Waals surface area contributed by atoms with Crippen LogP contribution < -0.4 is 14.8 Å². The second-order valence-corrected chi connectivity index (χ2v) is 6.43. The topological polar surface area (TPSA) is 73.9 Å². The first-order chi connectivity index (χ1) is 14.4. The van der Waals surface area contributed by atoms with Gasteiger partial charge in [-0.2, -0.15) is 0 Å². The summed E-state index contributed by atoms with van der Waals surface area (Å²) in [4.78, 5) is 24.6. The first-order valence-corrected chi connectivity index (χ1v) is 9.72. The number of hydrogen-bond donors (Lipinski definition) is 1. The molecule has 0 aliphatic heterocycles. The molecule has 2 aromatic rings. The van der Waals surface area contributed by atoms with Gasteiger partial charge in [-0.3, -0.25) is 4.79 Å². The molecule has 30 heavy (non-hydrogen) atoms. The van der Waals surface area contributed by atoms with E-state index in [1.807, 2.05) is 6.92 Å². The monoisotopic (exact) mass is 421 g/mol. The highest BCUT2D eigenvalue weighted by Gasteiger charge is 2.22. The Kier molecular flexibility index (Phi) is 8.58. The molecule has 0 aromatic heterocycles. The number of esters is 1. The molecular formula is C22H25F2NO5. The van der Waals surface area contributed by atoms with Crippen molar-refractivity contribution in [2.24, 2.45) is 0 Å². The van der Waals surface area contributed by atoms with E-state index in [1.54, 1.807) is 13.0 Å². The molecule has 0 aliphatic rings. The van der Waals surface area contributed by atoms with Crippen molar-refractivity contribution in [3.8, 4) is 11.5 Å². The van der Waals surface area contributed by atoms with Crippen LogP contribution in [0.3, 0.4) is 0 Å². The number of nitrogens with one attached hydrogen (secondary N) is 1. The summed E-state index contributed by atoms with van der Waals surface area (Å²) in [5, 5.41) is 2.09. The number of halogens is 2. The standard InChI is InChI=1S/C22H25F2NO5/c1-4-6-12-29-18-11-10-15(13-19(18)28-5-2)22(27)30-14(3)21(26)25-20-16(23)8-7-9-17(20)24/h7-11,13-14H,4-6,12H2,1-3H3,(H,25,26)/t14-/m0/s1. The molecule has 1 N–H and O–H groups in total. The first-order valence-electron chi connectivity index (χ1n) is 9.72. The van der Waals surface area contributed by atoms with Gasteiger partial charge < -0.3 is 19.5 Å². The Bertz CT molecular complexity index is 868. The Labute approximate surface area is 174 Å². The fraction of sp³-hybridized carbons (Fsp3) is 0.364. The average Bonchev–Trinajstić information content (AvgIpc) is 2.72. The van der Waals surface area contributed by atoms with E-state index in [-0.39, 0.29) is 5.56 Å². The minimum absolute atomic E-state index is 0.151. The molecule has 0 saturated carbocycles. The number of unbranched alkanes of at least 4 members (excludes halogenated alkanes) is 1. The van der Waals surface area contributed by atoms with E-state index in [0.717, 1.165) is 25.0 Å². The Balaban J connectivity index is 2.06. The van der Waals surface area contributed by atoms with Crippen molar-refractivity contribution in [2.45, 2.75) is 39.7 Å². The molecule has 0 radical (unpaired) electrons. The van der Waals surface area contributed by atoms with Gasteiger partial charge in [-0.1, -0.05) is 19.4 Å². The SMILES string of the molecule is CCCCOc1ccc(C(=O)O[C@@H](C)C(=O)Nc2c(F)cccc2F)cc1OCC. The van der Waals surface area contributed by atoms with E-state index in [1.165, 1.54) is 25.1 Å². The molecule has 162 valence electrons. The Morgan fingerprint density at radius 3 is 2.37 bits per heavy atom. The summed E-state index contributed by atoms with van der Waals surface area (Å²) < 4.78 is 43.7. The Morgan fingerprint density at radius 1 is 1.03 bits per heavy atom. The van der Waals surface area contributed by atoms with Crippen molar-refractivity contribution in [1.82, 2.24) is 0 Å². The molecule has 1 amide bonds. The van der Waals surface area contributed by atoms with Gasteiger partial charge in [0.1, 0.15) is 17.3 Å². The summed E-state index contributed by atoms with van der Waals surface area (Å²) >= 11 is 0. The van der Waals surface area contributed by atoms with Crippen LogP contribution >= 0.6 is 0 Å². The van der Waals surface area contributed by atoms with Crippen LogP contribution in [-0.2, 0) is 9.53 Å². The smallest absolute Gasteiger partial charge is 0.339 e. The molecule has 0 spiro atoms. The molecule has 2 aromatic carbocycles. The highest BCUT2D eigenvalue weighted by atomic mass is 19.1. The molecular weight excluding hydrogens is 396 g/mol. The number of rotatable bonds is 10. The first kappa shape index (κ1) is 23.1. The van der Waals surface area contributed by atoms with Crippen LogP contribution in [0.4, 0.5) is 14.5 Å². The second kappa shape index (κ2) is 11.1. The number of amides is 1. The molecule has 0 unspecified atom stereocenters. The minimum atomic E-state index is -1.28. The van der Waals surface area contributed by atoms with Gasteiger partial charge in [-0.05, 0) is 50.6 Å². The van der Waals surface area contributed by atoms with Crippen LogP contribution in [0.25, 0.3) is 0 Å². The number of carbonyl (C=O) groups is 2. The molecule has 8 heteroatoms. The number of carbonyl (C=O) groups excluding carboxylic acids is 2. The van der Waals surface area contributed by atoms with Crippen molar-refractivity contribution in [2.75, 3.05) is 18.5 Å². The van der Waals surface area contributed by atoms with Gasteiger partial charge in [0, 0.05) is 0 Å². The predicted octanol–water partition coefficient (Wildman–Crippen LogP) is 4.73. The lowest BCUT2D eigenvalue weighted by Crippen LogP contribution is -2.30. The van der Waals surface area contributed by atoms with Gasteiger partial charge in [0.2, 0.25) is 0 Å². The van der Waals surface area contributed by atoms with Crippen LogP contribution in [0.1, 0.15) is 44.0 Å². The van der Waals surface area contributed by atoms with Gasteiger partial charge in [0.15, 0.2) is 17.6 Å². The fourth-order valence-corrected chi connectivity index (χ4v) is 2.47. The van der Waals surface area contributed by atoms with E-state index < -0.39 is 35.3 Å². The second-order valence-electron chi connectivity index (χ2n) is 6.43. The number of benzene rings is 2. The predicted molar refractivity (Wildman–Crippen MR) is 108 cm³/mol. The molecule has 0 saturated heterocycles. The molecule has 0 heterocycles. The maximum Gasteiger partial charge on any atom is 0.339 e. The highest BCUT2D eigenvalue weighted by molar-refractivity contribution is 5.97. The summed E-state index contributed by atoms with van der Waals surface area (Å²) in [6.45, 7) is 6.04. The van der Waals surface area contributed by atoms with Crippen molar-refractivity contribution in [3.63, 3.8) is 0 Å². The molecule has 0 bridgehead atoms. The van der Waals surface area contributed by atoms with Crippen molar-refractivity contribution < 1.29 is 32.6 Å². The zero-order valence-electron chi connectivity index (χ0n) is 17.2. The molecule has 0 aliphatic carbocycles. The van der Waals surface area contributed by atoms with Crippen molar-refractivity contribution in [1.29, 1.82) is 0 Å². The van der Waals surface area contributed by atoms with Gasteiger partial charge >= 0.3 is 5.97 Å². The minimum Gasteiger partial charge on any atom is -0.490 e.